The predicted molar refractivity (Wildman–Crippen MR) is 81.1 cm³/mol. The van der Waals surface area contributed by atoms with Crippen LogP contribution in [0.4, 0.5) is 5.69 Å². The Morgan fingerprint density at radius 2 is 2.25 bits per heavy atom. The molecular weight excluding hydrogens is 252 g/mol. The minimum Gasteiger partial charge on any atom is -0.497 e. The van der Waals surface area contributed by atoms with Gasteiger partial charge in [-0.2, -0.15) is 0 Å². The number of benzene rings is 1. The van der Waals surface area contributed by atoms with Gasteiger partial charge in [0.05, 0.1) is 13.2 Å². The van der Waals surface area contributed by atoms with Gasteiger partial charge < -0.3 is 15.4 Å². The number of nitrogens with two attached hydrogens (primary N) is 1. The SMILES string of the molecule is CC[C@H](C)[C@H](N)C(=O)N1CCCc2cc(OC)ccc21. The molecule has 1 amide bonds. The number of methoxy groups -OCH3 is 1. The van der Waals surface area contributed by atoms with Crippen LogP contribution in [0, 0.1) is 5.92 Å². The van der Waals surface area contributed by atoms with Crippen LogP contribution in [0.1, 0.15) is 32.3 Å². The van der Waals surface area contributed by atoms with Crippen LogP contribution in [0.25, 0.3) is 0 Å². The van der Waals surface area contributed by atoms with Gasteiger partial charge in [-0.1, -0.05) is 20.3 Å². The highest BCUT2D eigenvalue weighted by Crippen LogP contribution is 2.31. The second-order valence-corrected chi connectivity index (χ2v) is 5.50. The molecule has 1 aromatic carbocycles. The average Bonchev–Trinajstić information content (AvgIpc) is 2.51. The van der Waals surface area contributed by atoms with Gasteiger partial charge in [-0.05, 0) is 42.5 Å². The summed E-state index contributed by atoms with van der Waals surface area (Å²) in [5.41, 5.74) is 8.25. The average molecular weight is 276 g/mol. The molecule has 0 spiro atoms. The summed E-state index contributed by atoms with van der Waals surface area (Å²) in [5, 5.41) is 0. The second-order valence-electron chi connectivity index (χ2n) is 5.50. The fourth-order valence-corrected chi connectivity index (χ4v) is 2.61. The first kappa shape index (κ1) is 14.9. The van der Waals surface area contributed by atoms with E-state index in [9.17, 15) is 4.79 Å². The van der Waals surface area contributed by atoms with Crippen molar-refractivity contribution in [3.63, 3.8) is 0 Å². The number of anilines is 1. The molecule has 0 saturated carbocycles. The van der Waals surface area contributed by atoms with Gasteiger partial charge in [0, 0.05) is 12.2 Å². The van der Waals surface area contributed by atoms with Crippen molar-refractivity contribution in [3.8, 4) is 5.75 Å². The van der Waals surface area contributed by atoms with Gasteiger partial charge in [0.1, 0.15) is 5.75 Å². The van der Waals surface area contributed by atoms with Gasteiger partial charge in [-0.3, -0.25) is 4.79 Å². The summed E-state index contributed by atoms with van der Waals surface area (Å²) in [6, 6.07) is 5.46. The van der Waals surface area contributed by atoms with Crippen LogP contribution in [-0.2, 0) is 11.2 Å². The molecule has 110 valence electrons. The molecule has 0 bridgehead atoms. The molecule has 2 rings (SSSR count). The summed E-state index contributed by atoms with van der Waals surface area (Å²) < 4.78 is 5.25. The molecule has 0 aliphatic carbocycles. The van der Waals surface area contributed by atoms with E-state index in [0.717, 1.165) is 37.2 Å². The number of rotatable bonds is 4. The van der Waals surface area contributed by atoms with Crippen molar-refractivity contribution in [1.29, 1.82) is 0 Å². The molecule has 1 aliphatic heterocycles. The Morgan fingerprint density at radius 3 is 2.90 bits per heavy atom. The summed E-state index contributed by atoms with van der Waals surface area (Å²) >= 11 is 0. The smallest absolute Gasteiger partial charge is 0.244 e. The summed E-state index contributed by atoms with van der Waals surface area (Å²) in [6.45, 7) is 4.84. The minimum absolute atomic E-state index is 0.0328. The van der Waals surface area contributed by atoms with Crippen molar-refractivity contribution in [3.05, 3.63) is 23.8 Å². The highest BCUT2D eigenvalue weighted by atomic mass is 16.5. The van der Waals surface area contributed by atoms with E-state index < -0.39 is 6.04 Å². The van der Waals surface area contributed by atoms with Crippen LogP contribution >= 0.6 is 0 Å². The van der Waals surface area contributed by atoms with E-state index in [1.165, 1.54) is 5.56 Å². The number of amides is 1. The molecule has 0 radical (unpaired) electrons. The first-order chi connectivity index (χ1) is 9.58. The normalized spacial score (nSPS) is 17.3. The summed E-state index contributed by atoms with van der Waals surface area (Å²) in [5.74, 6) is 1.07. The number of aryl methyl sites for hydroxylation is 1. The van der Waals surface area contributed by atoms with Crippen LogP contribution in [0.5, 0.6) is 5.75 Å². The van der Waals surface area contributed by atoms with E-state index in [2.05, 4.69) is 6.92 Å². The third-order valence-corrected chi connectivity index (χ3v) is 4.21. The Morgan fingerprint density at radius 1 is 1.50 bits per heavy atom. The fourth-order valence-electron chi connectivity index (χ4n) is 2.61. The second kappa shape index (κ2) is 6.27. The molecule has 0 fully saturated rings. The predicted octanol–water partition coefficient (Wildman–Crippen LogP) is 2.35. The molecule has 0 unspecified atom stereocenters. The molecule has 4 nitrogen and oxygen atoms in total. The fraction of sp³-hybridized carbons (Fsp3) is 0.562. The zero-order chi connectivity index (χ0) is 14.7. The van der Waals surface area contributed by atoms with E-state index in [-0.39, 0.29) is 11.8 Å². The lowest BCUT2D eigenvalue weighted by Crippen LogP contribution is -2.48. The van der Waals surface area contributed by atoms with Crippen molar-refractivity contribution < 1.29 is 9.53 Å². The van der Waals surface area contributed by atoms with Crippen LogP contribution in [0.15, 0.2) is 18.2 Å². The summed E-state index contributed by atoms with van der Waals surface area (Å²) in [4.78, 5) is 14.4. The van der Waals surface area contributed by atoms with Gasteiger partial charge >= 0.3 is 0 Å². The van der Waals surface area contributed by atoms with Crippen molar-refractivity contribution in [2.24, 2.45) is 11.7 Å². The van der Waals surface area contributed by atoms with Gasteiger partial charge in [0.25, 0.3) is 0 Å². The summed E-state index contributed by atoms with van der Waals surface area (Å²) in [7, 11) is 1.66. The third kappa shape index (κ3) is 2.80. The number of carbonyl (C=O) groups excluding carboxylic acids is 1. The Kier molecular flexibility index (Phi) is 4.65. The van der Waals surface area contributed by atoms with Gasteiger partial charge in [-0.25, -0.2) is 0 Å². The molecule has 0 saturated heterocycles. The molecular formula is C16H24N2O2. The highest BCUT2D eigenvalue weighted by Gasteiger charge is 2.29. The topological polar surface area (TPSA) is 55.6 Å². The Balaban J connectivity index is 2.26. The van der Waals surface area contributed by atoms with Gasteiger partial charge in [0.2, 0.25) is 5.91 Å². The maximum Gasteiger partial charge on any atom is 0.244 e. The number of hydrogen-bond acceptors (Lipinski definition) is 3. The molecule has 1 heterocycles. The Hall–Kier alpha value is -1.55. The van der Waals surface area contributed by atoms with Gasteiger partial charge in [-0.15, -0.1) is 0 Å². The minimum atomic E-state index is -0.423. The molecule has 0 aromatic heterocycles. The third-order valence-electron chi connectivity index (χ3n) is 4.21. The lowest BCUT2D eigenvalue weighted by Gasteiger charge is -2.33. The number of carbonyl (C=O) groups is 1. The maximum atomic E-state index is 12.6. The number of hydrogen-bond donors (Lipinski definition) is 1. The van der Waals surface area contributed by atoms with Crippen LogP contribution in [0.2, 0.25) is 0 Å². The lowest BCUT2D eigenvalue weighted by atomic mass is 9.96. The van der Waals surface area contributed by atoms with Crippen molar-refractivity contribution >= 4 is 11.6 Å². The van der Waals surface area contributed by atoms with E-state index in [1.807, 2.05) is 30.0 Å². The van der Waals surface area contributed by atoms with E-state index in [0.29, 0.717) is 0 Å². The Bertz CT molecular complexity index is 487. The maximum absolute atomic E-state index is 12.6. The number of ether oxygens (including phenoxy) is 1. The zero-order valence-electron chi connectivity index (χ0n) is 12.6. The lowest BCUT2D eigenvalue weighted by molar-refractivity contribution is -0.120. The largest absolute Gasteiger partial charge is 0.497 e. The molecule has 4 heteroatoms. The molecule has 2 N–H and O–H groups in total. The van der Waals surface area contributed by atoms with E-state index in [1.54, 1.807) is 7.11 Å². The number of nitrogens with zero attached hydrogens (tertiary/aromatic N) is 1. The Labute approximate surface area is 120 Å². The van der Waals surface area contributed by atoms with Crippen LogP contribution in [0.3, 0.4) is 0 Å². The molecule has 1 aliphatic rings. The van der Waals surface area contributed by atoms with Crippen LogP contribution in [-0.4, -0.2) is 25.6 Å². The standard InChI is InChI=1S/C16H24N2O2/c1-4-11(2)15(17)16(19)18-9-5-6-12-10-13(20-3)7-8-14(12)18/h7-8,10-11,15H,4-6,9,17H2,1-3H3/t11-,15-/m0/s1. The number of fused-ring (bicyclic) bond motifs is 1. The van der Waals surface area contributed by atoms with E-state index >= 15 is 0 Å². The summed E-state index contributed by atoms with van der Waals surface area (Å²) in [6.07, 6.45) is 2.87. The van der Waals surface area contributed by atoms with Crippen LogP contribution < -0.4 is 15.4 Å². The van der Waals surface area contributed by atoms with Crippen molar-refractivity contribution in [2.75, 3.05) is 18.6 Å². The first-order valence-corrected chi connectivity index (χ1v) is 7.32. The first-order valence-electron chi connectivity index (χ1n) is 7.32. The van der Waals surface area contributed by atoms with Gasteiger partial charge in [0.15, 0.2) is 0 Å². The molecule has 20 heavy (non-hydrogen) atoms. The zero-order valence-corrected chi connectivity index (χ0v) is 12.6. The molecule has 1 aromatic rings. The van der Waals surface area contributed by atoms with Crippen molar-refractivity contribution in [2.45, 2.75) is 39.2 Å². The monoisotopic (exact) mass is 276 g/mol. The molecule has 2 atom stereocenters. The quantitative estimate of drug-likeness (QED) is 0.918. The highest BCUT2D eigenvalue weighted by molar-refractivity contribution is 5.98. The van der Waals surface area contributed by atoms with E-state index in [4.69, 9.17) is 10.5 Å². The van der Waals surface area contributed by atoms with Crippen molar-refractivity contribution in [1.82, 2.24) is 0 Å².